The Bertz CT molecular complexity index is 576. The Morgan fingerprint density at radius 3 is 2.30 bits per heavy atom. The maximum absolute atomic E-state index is 12.3. The van der Waals surface area contributed by atoms with E-state index in [2.05, 4.69) is 4.90 Å². The average Bonchev–Trinajstić information content (AvgIpc) is 2.48. The molecule has 0 atom stereocenters. The van der Waals surface area contributed by atoms with E-state index >= 15 is 0 Å². The molecule has 0 spiro atoms. The molecule has 2 saturated heterocycles. The van der Waals surface area contributed by atoms with Gasteiger partial charge in [0, 0.05) is 30.1 Å². The summed E-state index contributed by atoms with van der Waals surface area (Å²) in [5.74, 6) is 0.00240. The molecule has 1 aromatic rings. The molecule has 6 heteroatoms. The van der Waals surface area contributed by atoms with Gasteiger partial charge in [0.2, 0.25) is 11.8 Å². The zero-order valence-corrected chi connectivity index (χ0v) is 13.8. The van der Waals surface area contributed by atoms with Crippen LogP contribution in [0.1, 0.15) is 18.4 Å². The van der Waals surface area contributed by atoms with Crippen LogP contribution in [0.15, 0.2) is 24.3 Å². The minimum Gasteiger partial charge on any atom is -0.369 e. The van der Waals surface area contributed by atoms with Gasteiger partial charge in [0.15, 0.2) is 0 Å². The minimum absolute atomic E-state index is 0.0222. The van der Waals surface area contributed by atoms with E-state index in [0.29, 0.717) is 17.5 Å². The third-order valence-electron chi connectivity index (χ3n) is 4.93. The molecule has 3 rings (SSSR count). The largest absolute Gasteiger partial charge is 0.369 e. The van der Waals surface area contributed by atoms with Crippen molar-refractivity contribution >= 4 is 23.4 Å². The lowest BCUT2D eigenvalue weighted by atomic mass is 9.93. The van der Waals surface area contributed by atoms with E-state index in [0.717, 1.165) is 44.6 Å². The Kier molecular flexibility index (Phi) is 4.87. The van der Waals surface area contributed by atoms with Crippen LogP contribution in [0.5, 0.6) is 0 Å². The van der Waals surface area contributed by atoms with Crippen LogP contribution in [0, 0.1) is 5.92 Å². The van der Waals surface area contributed by atoms with Crippen LogP contribution in [-0.4, -0.2) is 53.8 Å². The Balaban J connectivity index is 1.43. The van der Waals surface area contributed by atoms with Crippen molar-refractivity contribution in [1.82, 2.24) is 9.80 Å². The van der Waals surface area contributed by atoms with Crippen molar-refractivity contribution in [2.45, 2.75) is 25.3 Å². The van der Waals surface area contributed by atoms with Gasteiger partial charge in [-0.3, -0.25) is 14.5 Å². The monoisotopic (exact) mass is 335 g/mol. The molecule has 2 aliphatic rings. The fourth-order valence-corrected chi connectivity index (χ4v) is 3.45. The third kappa shape index (κ3) is 3.85. The minimum atomic E-state index is -0.182. The molecule has 2 N–H and O–H groups in total. The molecule has 2 amide bonds. The molecule has 0 saturated carbocycles. The van der Waals surface area contributed by atoms with E-state index in [1.54, 1.807) is 0 Å². The van der Waals surface area contributed by atoms with Gasteiger partial charge < -0.3 is 10.6 Å². The first kappa shape index (κ1) is 16.3. The topological polar surface area (TPSA) is 66.6 Å². The second-order valence-corrected chi connectivity index (χ2v) is 6.90. The van der Waals surface area contributed by atoms with Gasteiger partial charge in [-0.25, -0.2) is 0 Å². The maximum atomic E-state index is 12.3. The fraction of sp³-hybridized carbons (Fsp3) is 0.529. The third-order valence-corrected chi connectivity index (χ3v) is 5.18. The average molecular weight is 336 g/mol. The standard InChI is InChI=1S/C17H22ClN3O2/c18-14-3-1-12(2-4-14)9-16(22)21-10-15(11-21)20-7-5-13(6-8-20)17(19)23/h1-4,13,15H,5-11H2,(H2,19,23). The molecular formula is C17H22ClN3O2. The van der Waals surface area contributed by atoms with E-state index in [9.17, 15) is 9.59 Å². The van der Waals surface area contributed by atoms with Crippen molar-refractivity contribution in [1.29, 1.82) is 0 Å². The SMILES string of the molecule is NC(=O)C1CCN(C2CN(C(=O)Cc3ccc(Cl)cc3)C2)CC1. The van der Waals surface area contributed by atoms with Crippen LogP contribution in [0.25, 0.3) is 0 Å². The molecule has 0 aliphatic carbocycles. The lowest BCUT2D eigenvalue weighted by Gasteiger charge is -2.47. The molecule has 0 unspecified atom stereocenters. The zero-order chi connectivity index (χ0) is 16.4. The van der Waals surface area contributed by atoms with Crippen LogP contribution in [0.4, 0.5) is 0 Å². The Hall–Kier alpha value is -1.59. The molecule has 1 aromatic carbocycles. The zero-order valence-electron chi connectivity index (χ0n) is 13.1. The number of piperidine rings is 1. The van der Waals surface area contributed by atoms with Gasteiger partial charge in [0.1, 0.15) is 0 Å². The Morgan fingerprint density at radius 1 is 1.13 bits per heavy atom. The number of nitrogens with two attached hydrogens (primary N) is 1. The highest BCUT2D eigenvalue weighted by Gasteiger charge is 2.36. The number of primary amides is 1. The summed E-state index contributed by atoms with van der Waals surface area (Å²) in [5.41, 5.74) is 6.35. The Morgan fingerprint density at radius 2 is 1.74 bits per heavy atom. The number of hydrogen-bond acceptors (Lipinski definition) is 3. The van der Waals surface area contributed by atoms with Crippen molar-refractivity contribution in [3.8, 4) is 0 Å². The predicted octanol–water partition coefficient (Wildman–Crippen LogP) is 1.29. The number of halogens is 1. The van der Waals surface area contributed by atoms with E-state index in [-0.39, 0.29) is 17.7 Å². The molecule has 124 valence electrons. The second kappa shape index (κ2) is 6.89. The van der Waals surface area contributed by atoms with Gasteiger partial charge in [0.25, 0.3) is 0 Å². The van der Waals surface area contributed by atoms with Crippen molar-refractivity contribution in [3.05, 3.63) is 34.9 Å². The first-order valence-corrected chi connectivity index (χ1v) is 8.46. The van der Waals surface area contributed by atoms with Gasteiger partial charge in [-0.1, -0.05) is 23.7 Å². The van der Waals surface area contributed by atoms with Crippen molar-refractivity contribution in [2.75, 3.05) is 26.2 Å². The highest BCUT2D eigenvalue weighted by atomic mass is 35.5. The maximum Gasteiger partial charge on any atom is 0.227 e. The molecule has 2 aliphatic heterocycles. The first-order chi connectivity index (χ1) is 11.0. The van der Waals surface area contributed by atoms with Crippen LogP contribution in [-0.2, 0) is 16.0 Å². The highest BCUT2D eigenvalue weighted by molar-refractivity contribution is 6.30. The molecule has 2 heterocycles. The number of hydrogen-bond donors (Lipinski definition) is 1. The van der Waals surface area contributed by atoms with Crippen LogP contribution in [0.3, 0.4) is 0 Å². The quantitative estimate of drug-likeness (QED) is 0.901. The lowest BCUT2D eigenvalue weighted by molar-refractivity contribution is -0.138. The number of likely N-dealkylation sites (tertiary alicyclic amines) is 2. The van der Waals surface area contributed by atoms with Gasteiger partial charge in [-0.2, -0.15) is 0 Å². The summed E-state index contributed by atoms with van der Waals surface area (Å²) < 4.78 is 0. The first-order valence-electron chi connectivity index (χ1n) is 8.08. The number of nitrogens with zero attached hydrogens (tertiary/aromatic N) is 2. The van der Waals surface area contributed by atoms with E-state index in [1.807, 2.05) is 29.2 Å². The van der Waals surface area contributed by atoms with E-state index in [4.69, 9.17) is 17.3 Å². The molecule has 0 bridgehead atoms. The summed E-state index contributed by atoms with van der Waals surface area (Å²) in [6, 6.07) is 7.84. The van der Waals surface area contributed by atoms with Crippen LogP contribution < -0.4 is 5.73 Å². The van der Waals surface area contributed by atoms with Gasteiger partial charge >= 0.3 is 0 Å². The van der Waals surface area contributed by atoms with Crippen molar-refractivity contribution in [2.24, 2.45) is 11.7 Å². The predicted molar refractivity (Wildman–Crippen MR) is 89.0 cm³/mol. The summed E-state index contributed by atoms with van der Waals surface area (Å²) in [7, 11) is 0. The number of carbonyl (C=O) groups is 2. The Labute approximate surface area is 141 Å². The molecular weight excluding hydrogens is 314 g/mol. The fourth-order valence-electron chi connectivity index (χ4n) is 3.33. The van der Waals surface area contributed by atoms with Crippen molar-refractivity contribution < 1.29 is 9.59 Å². The summed E-state index contributed by atoms with van der Waals surface area (Å²) in [6.07, 6.45) is 2.10. The van der Waals surface area contributed by atoms with Gasteiger partial charge in [0.05, 0.1) is 6.42 Å². The summed E-state index contributed by atoms with van der Waals surface area (Å²) in [5, 5.41) is 0.685. The van der Waals surface area contributed by atoms with E-state index < -0.39 is 0 Å². The number of rotatable bonds is 4. The van der Waals surface area contributed by atoms with Crippen molar-refractivity contribution in [3.63, 3.8) is 0 Å². The summed E-state index contributed by atoms with van der Waals surface area (Å²) >= 11 is 5.85. The summed E-state index contributed by atoms with van der Waals surface area (Å²) in [6.45, 7) is 3.37. The molecule has 5 nitrogen and oxygen atoms in total. The van der Waals surface area contributed by atoms with Gasteiger partial charge in [-0.05, 0) is 43.6 Å². The smallest absolute Gasteiger partial charge is 0.227 e. The number of amides is 2. The number of benzene rings is 1. The van der Waals surface area contributed by atoms with Gasteiger partial charge in [-0.15, -0.1) is 0 Å². The highest BCUT2D eigenvalue weighted by Crippen LogP contribution is 2.23. The van der Waals surface area contributed by atoms with E-state index in [1.165, 1.54) is 0 Å². The lowest BCUT2D eigenvalue weighted by Crippen LogP contribution is -2.62. The molecule has 0 aromatic heterocycles. The normalized spacial score (nSPS) is 20.3. The molecule has 0 radical (unpaired) electrons. The number of carbonyl (C=O) groups excluding carboxylic acids is 2. The van der Waals surface area contributed by atoms with Crippen LogP contribution in [0.2, 0.25) is 5.02 Å². The molecule has 23 heavy (non-hydrogen) atoms. The second-order valence-electron chi connectivity index (χ2n) is 6.47. The van der Waals surface area contributed by atoms with Crippen LogP contribution >= 0.6 is 11.6 Å². The molecule has 2 fully saturated rings. The summed E-state index contributed by atoms with van der Waals surface area (Å²) in [4.78, 5) is 27.7.